The third-order valence-electron chi connectivity index (χ3n) is 6.74. The van der Waals surface area contributed by atoms with Crippen LogP contribution >= 0.6 is 23.1 Å². The van der Waals surface area contributed by atoms with Crippen LogP contribution in [0.5, 0.6) is 0 Å². The van der Waals surface area contributed by atoms with E-state index in [1.807, 2.05) is 18.4 Å². The van der Waals surface area contributed by atoms with Gasteiger partial charge in [0.15, 0.2) is 5.16 Å². The number of hydrogen-bond donors (Lipinski definition) is 1. The highest BCUT2D eigenvalue weighted by molar-refractivity contribution is 8.00. The molecule has 4 bridgehead atoms. The van der Waals surface area contributed by atoms with E-state index in [0.29, 0.717) is 10.5 Å². The number of thioether (sulfide) groups is 1. The molecule has 2 aromatic rings. The Morgan fingerprint density at radius 3 is 2.56 bits per heavy atom. The van der Waals surface area contributed by atoms with Crippen molar-refractivity contribution in [1.82, 2.24) is 14.9 Å². The fourth-order valence-electron chi connectivity index (χ4n) is 5.92. The smallest absolute Gasteiger partial charge is 0.262 e. The van der Waals surface area contributed by atoms with E-state index in [0.717, 1.165) is 41.8 Å². The summed E-state index contributed by atoms with van der Waals surface area (Å²) in [6.45, 7) is 1.92. The molecule has 1 atom stereocenters. The number of nitrogens with one attached hydrogen (secondary N) is 1. The van der Waals surface area contributed by atoms with Crippen LogP contribution in [-0.4, -0.2) is 26.2 Å². The first-order chi connectivity index (χ1) is 12.9. The second-order valence-electron chi connectivity index (χ2n) is 8.85. The summed E-state index contributed by atoms with van der Waals surface area (Å²) < 4.78 is 1.56. The summed E-state index contributed by atoms with van der Waals surface area (Å²) in [5.41, 5.74) is -0.0186. The zero-order valence-corrected chi connectivity index (χ0v) is 17.4. The predicted molar refractivity (Wildman–Crippen MR) is 109 cm³/mol. The van der Waals surface area contributed by atoms with Gasteiger partial charge in [0.25, 0.3) is 5.56 Å². The molecule has 7 heteroatoms. The van der Waals surface area contributed by atoms with Gasteiger partial charge in [-0.25, -0.2) is 4.98 Å². The number of hydrogen-bond acceptors (Lipinski definition) is 5. The maximum Gasteiger partial charge on any atom is 0.262 e. The van der Waals surface area contributed by atoms with Gasteiger partial charge in [0.2, 0.25) is 5.91 Å². The molecule has 2 heterocycles. The fourth-order valence-corrected chi connectivity index (χ4v) is 7.60. The van der Waals surface area contributed by atoms with E-state index in [4.69, 9.17) is 0 Å². The van der Waals surface area contributed by atoms with Crippen LogP contribution in [0.4, 0.5) is 0 Å². The lowest BCUT2D eigenvalue weighted by molar-refractivity contribution is -0.126. The molecule has 27 heavy (non-hydrogen) atoms. The van der Waals surface area contributed by atoms with Crippen molar-refractivity contribution >= 4 is 39.2 Å². The van der Waals surface area contributed by atoms with Crippen LogP contribution < -0.4 is 10.9 Å². The van der Waals surface area contributed by atoms with Gasteiger partial charge >= 0.3 is 0 Å². The Morgan fingerprint density at radius 1 is 1.30 bits per heavy atom. The van der Waals surface area contributed by atoms with Crippen molar-refractivity contribution in [3.63, 3.8) is 0 Å². The Bertz CT molecular complexity index is 928. The molecule has 0 spiro atoms. The molecular formula is C20H25N3O2S2. The number of fused-ring (bicyclic) bond motifs is 1. The molecule has 6 rings (SSSR count). The summed E-state index contributed by atoms with van der Waals surface area (Å²) in [5, 5.41) is 6.32. The highest BCUT2D eigenvalue weighted by Gasteiger charge is 2.51. The SMILES string of the molecule is CC(Sc1nc2sccc2c(=O)n1C)C(=O)NC12CC3CC(CC(C3)C1)C2. The summed E-state index contributed by atoms with van der Waals surface area (Å²) in [7, 11) is 1.73. The van der Waals surface area contributed by atoms with Gasteiger partial charge in [-0.2, -0.15) is 0 Å². The molecule has 4 fully saturated rings. The van der Waals surface area contributed by atoms with Gasteiger partial charge in [0.05, 0.1) is 10.6 Å². The minimum absolute atomic E-state index is 0.0255. The third-order valence-corrected chi connectivity index (χ3v) is 8.69. The largest absolute Gasteiger partial charge is 0.350 e. The van der Waals surface area contributed by atoms with Crippen molar-refractivity contribution in [2.75, 3.05) is 0 Å². The molecule has 2 aromatic heterocycles. The number of nitrogens with zero attached hydrogens (tertiary/aromatic N) is 2. The first kappa shape index (κ1) is 17.7. The van der Waals surface area contributed by atoms with Crippen molar-refractivity contribution in [3.8, 4) is 0 Å². The highest BCUT2D eigenvalue weighted by atomic mass is 32.2. The summed E-state index contributed by atoms with van der Waals surface area (Å²) in [6.07, 6.45) is 7.56. The second kappa shape index (κ2) is 6.34. The summed E-state index contributed by atoms with van der Waals surface area (Å²) in [4.78, 5) is 30.8. The van der Waals surface area contributed by atoms with E-state index in [1.54, 1.807) is 11.6 Å². The fraction of sp³-hybridized carbons (Fsp3) is 0.650. The quantitative estimate of drug-likeness (QED) is 0.626. The van der Waals surface area contributed by atoms with E-state index in [9.17, 15) is 9.59 Å². The van der Waals surface area contributed by atoms with E-state index in [-0.39, 0.29) is 22.3 Å². The molecule has 0 aliphatic heterocycles. The third kappa shape index (κ3) is 3.03. The Kier molecular flexibility index (Phi) is 4.17. The summed E-state index contributed by atoms with van der Waals surface area (Å²) >= 11 is 2.85. The van der Waals surface area contributed by atoms with E-state index in [1.165, 1.54) is 42.4 Å². The molecule has 0 aromatic carbocycles. The van der Waals surface area contributed by atoms with Gasteiger partial charge in [0.1, 0.15) is 4.83 Å². The first-order valence-corrected chi connectivity index (χ1v) is 11.6. The van der Waals surface area contributed by atoms with Crippen LogP contribution in [0, 0.1) is 17.8 Å². The number of aromatic nitrogens is 2. The Morgan fingerprint density at radius 2 is 1.93 bits per heavy atom. The van der Waals surface area contributed by atoms with Crippen molar-refractivity contribution in [3.05, 3.63) is 21.8 Å². The van der Waals surface area contributed by atoms with Gasteiger partial charge in [-0.3, -0.25) is 14.2 Å². The number of carbonyl (C=O) groups excluding carboxylic acids is 1. The zero-order chi connectivity index (χ0) is 18.8. The number of amides is 1. The average Bonchev–Trinajstić information content (AvgIpc) is 3.06. The van der Waals surface area contributed by atoms with Crippen LogP contribution in [0.3, 0.4) is 0 Å². The van der Waals surface area contributed by atoms with Crippen molar-refractivity contribution in [1.29, 1.82) is 0 Å². The summed E-state index contributed by atoms with van der Waals surface area (Å²) in [6, 6.07) is 1.81. The molecule has 0 radical (unpaired) electrons. The summed E-state index contributed by atoms with van der Waals surface area (Å²) in [5.74, 6) is 2.51. The van der Waals surface area contributed by atoms with Crippen molar-refractivity contribution in [2.45, 2.75) is 61.4 Å². The van der Waals surface area contributed by atoms with Crippen LogP contribution in [0.2, 0.25) is 0 Å². The lowest BCUT2D eigenvalue weighted by Crippen LogP contribution is -2.60. The molecular weight excluding hydrogens is 378 g/mol. The minimum atomic E-state index is -0.270. The minimum Gasteiger partial charge on any atom is -0.350 e. The topological polar surface area (TPSA) is 64.0 Å². The van der Waals surface area contributed by atoms with Gasteiger partial charge in [-0.15, -0.1) is 11.3 Å². The monoisotopic (exact) mass is 403 g/mol. The Labute approximate surface area is 166 Å². The van der Waals surface area contributed by atoms with E-state index < -0.39 is 0 Å². The van der Waals surface area contributed by atoms with Crippen LogP contribution in [0.15, 0.2) is 21.4 Å². The molecule has 1 amide bonds. The normalized spacial score (nSPS) is 32.7. The predicted octanol–water partition coefficient (Wildman–Crippen LogP) is 3.56. The molecule has 4 aliphatic rings. The Hall–Kier alpha value is -1.34. The molecule has 144 valence electrons. The van der Waals surface area contributed by atoms with Crippen LogP contribution in [0.25, 0.3) is 10.2 Å². The second-order valence-corrected chi connectivity index (χ2v) is 11.0. The molecule has 0 saturated heterocycles. The van der Waals surface area contributed by atoms with Crippen LogP contribution in [-0.2, 0) is 11.8 Å². The molecule has 1 unspecified atom stereocenters. The highest BCUT2D eigenvalue weighted by Crippen LogP contribution is 2.55. The van der Waals surface area contributed by atoms with E-state index >= 15 is 0 Å². The lowest BCUT2D eigenvalue weighted by Gasteiger charge is -2.57. The lowest BCUT2D eigenvalue weighted by atomic mass is 9.53. The van der Waals surface area contributed by atoms with Gasteiger partial charge < -0.3 is 5.32 Å². The molecule has 5 nitrogen and oxygen atoms in total. The molecule has 1 N–H and O–H groups in total. The maximum atomic E-state index is 13.0. The average molecular weight is 404 g/mol. The first-order valence-electron chi connectivity index (χ1n) is 9.85. The standard InChI is InChI=1S/C20H25N3O2S2/c1-11(27-19-21-17-15(3-4-26-17)18(25)23(19)2)16(24)22-20-8-12-5-13(9-20)7-14(6-12)10-20/h3-4,11-14H,5-10H2,1-2H3,(H,22,24). The van der Waals surface area contributed by atoms with Crippen molar-refractivity contribution in [2.24, 2.45) is 24.8 Å². The zero-order valence-electron chi connectivity index (χ0n) is 15.7. The van der Waals surface area contributed by atoms with Crippen molar-refractivity contribution < 1.29 is 4.79 Å². The van der Waals surface area contributed by atoms with Gasteiger partial charge in [-0.1, -0.05) is 11.8 Å². The number of thiophene rings is 1. The Balaban J connectivity index is 1.33. The number of carbonyl (C=O) groups is 1. The van der Waals surface area contributed by atoms with Crippen LogP contribution in [0.1, 0.15) is 45.4 Å². The molecule has 4 aliphatic carbocycles. The van der Waals surface area contributed by atoms with Gasteiger partial charge in [0, 0.05) is 12.6 Å². The number of rotatable bonds is 4. The van der Waals surface area contributed by atoms with E-state index in [2.05, 4.69) is 10.3 Å². The maximum absolute atomic E-state index is 13.0. The molecule has 4 saturated carbocycles. The van der Waals surface area contributed by atoms with Gasteiger partial charge in [-0.05, 0) is 74.6 Å².